The van der Waals surface area contributed by atoms with Crippen molar-refractivity contribution in [3.8, 4) is 17.1 Å². The van der Waals surface area contributed by atoms with Gasteiger partial charge in [0, 0.05) is 49.0 Å². The summed E-state index contributed by atoms with van der Waals surface area (Å²) in [6.45, 7) is 4.70. The maximum atomic E-state index is 6.16. The minimum atomic E-state index is 0.689. The molecule has 0 spiro atoms. The molecule has 8 nitrogen and oxygen atoms in total. The molecular weight excluding hydrogens is 414 g/mol. The SMILES string of the molecule is CNCCn1cnc2c(N3CCOCC3)cc(-n3ccc(-c4cccc(Cl)c4)n3)nc21. The van der Waals surface area contributed by atoms with Crippen LogP contribution in [0.15, 0.2) is 48.9 Å². The summed E-state index contributed by atoms with van der Waals surface area (Å²) < 4.78 is 9.45. The number of imidazole rings is 1. The molecule has 0 bridgehead atoms. The Kier molecular flexibility index (Phi) is 5.59. The van der Waals surface area contributed by atoms with Gasteiger partial charge in [-0.2, -0.15) is 5.10 Å². The minimum absolute atomic E-state index is 0.689. The first kappa shape index (κ1) is 20.0. The molecule has 160 valence electrons. The van der Waals surface area contributed by atoms with Crippen LogP contribution in [0.25, 0.3) is 28.2 Å². The van der Waals surface area contributed by atoms with Gasteiger partial charge in [0.15, 0.2) is 11.5 Å². The molecule has 1 aromatic carbocycles. The van der Waals surface area contributed by atoms with E-state index in [0.717, 1.165) is 60.1 Å². The average Bonchev–Trinajstić information content (AvgIpc) is 3.45. The van der Waals surface area contributed by atoms with E-state index < -0.39 is 0 Å². The zero-order valence-corrected chi connectivity index (χ0v) is 18.1. The number of benzene rings is 1. The Hall–Kier alpha value is -2.94. The van der Waals surface area contributed by atoms with E-state index in [1.54, 1.807) is 0 Å². The van der Waals surface area contributed by atoms with Crippen molar-refractivity contribution in [3.05, 3.63) is 53.9 Å². The van der Waals surface area contributed by atoms with Crippen molar-refractivity contribution < 1.29 is 4.74 Å². The summed E-state index contributed by atoms with van der Waals surface area (Å²) in [6, 6.07) is 11.7. The van der Waals surface area contributed by atoms with Gasteiger partial charge in [-0.25, -0.2) is 14.6 Å². The Morgan fingerprint density at radius 2 is 2.03 bits per heavy atom. The van der Waals surface area contributed by atoms with E-state index in [1.165, 1.54) is 0 Å². The molecule has 9 heteroatoms. The van der Waals surface area contributed by atoms with Crippen LogP contribution in [0, 0.1) is 0 Å². The zero-order valence-electron chi connectivity index (χ0n) is 17.3. The fourth-order valence-corrected chi connectivity index (χ4v) is 4.01. The van der Waals surface area contributed by atoms with Crippen molar-refractivity contribution in [2.45, 2.75) is 6.54 Å². The van der Waals surface area contributed by atoms with Crippen LogP contribution in [0.3, 0.4) is 0 Å². The molecule has 1 aliphatic rings. The third-order valence-electron chi connectivity index (χ3n) is 5.44. The maximum Gasteiger partial charge on any atom is 0.164 e. The second-order valence-electron chi connectivity index (χ2n) is 7.47. The summed E-state index contributed by atoms with van der Waals surface area (Å²) in [5, 5.41) is 8.65. The number of aromatic nitrogens is 5. The van der Waals surface area contributed by atoms with Crippen molar-refractivity contribution in [3.63, 3.8) is 0 Å². The molecule has 1 aliphatic heterocycles. The van der Waals surface area contributed by atoms with E-state index in [4.69, 9.17) is 26.4 Å². The van der Waals surface area contributed by atoms with E-state index in [2.05, 4.69) is 25.8 Å². The maximum absolute atomic E-state index is 6.16. The van der Waals surface area contributed by atoms with Crippen LogP contribution < -0.4 is 10.2 Å². The summed E-state index contributed by atoms with van der Waals surface area (Å²) in [6.07, 6.45) is 3.80. The number of fused-ring (bicyclic) bond motifs is 1. The van der Waals surface area contributed by atoms with Crippen molar-refractivity contribution in [2.24, 2.45) is 0 Å². The fraction of sp³-hybridized carbons (Fsp3) is 0.318. The van der Waals surface area contributed by atoms with Gasteiger partial charge in [-0.15, -0.1) is 0 Å². The first-order valence-electron chi connectivity index (χ1n) is 10.4. The number of ether oxygens (including phenoxy) is 1. The molecule has 3 aromatic heterocycles. The molecular formula is C22H24ClN7O. The van der Waals surface area contributed by atoms with E-state index in [-0.39, 0.29) is 0 Å². The Morgan fingerprint density at radius 1 is 1.16 bits per heavy atom. The van der Waals surface area contributed by atoms with Crippen LogP contribution in [0.5, 0.6) is 0 Å². The van der Waals surface area contributed by atoms with Gasteiger partial charge in [0.05, 0.1) is 30.9 Å². The Bertz CT molecular complexity index is 1200. The minimum Gasteiger partial charge on any atom is -0.378 e. The first-order chi connectivity index (χ1) is 15.2. The standard InChI is InChI=1S/C22H24ClN7O/c1-24-6-8-29-15-25-21-19(28-9-11-31-12-10-28)14-20(26-22(21)29)30-7-5-18(27-30)16-3-2-4-17(23)13-16/h2-5,7,13-15,24H,6,8-12H2,1H3. The molecule has 0 amide bonds. The van der Waals surface area contributed by atoms with Gasteiger partial charge < -0.3 is 19.5 Å². The third-order valence-corrected chi connectivity index (χ3v) is 5.67. The zero-order chi connectivity index (χ0) is 21.2. The van der Waals surface area contributed by atoms with Gasteiger partial charge in [-0.05, 0) is 25.2 Å². The smallest absolute Gasteiger partial charge is 0.164 e. The highest BCUT2D eigenvalue weighted by Gasteiger charge is 2.20. The largest absolute Gasteiger partial charge is 0.378 e. The van der Waals surface area contributed by atoms with Gasteiger partial charge in [-0.3, -0.25) is 0 Å². The highest BCUT2D eigenvalue weighted by molar-refractivity contribution is 6.30. The second-order valence-corrected chi connectivity index (χ2v) is 7.91. The number of hydrogen-bond donors (Lipinski definition) is 1. The molecule has 0 radical (unpaired) electrons. The van der Waals surface area contributed by atoms with Crippen molar-refractivity contribution in [1.29, 1.82) is 0 Å². The number of likely N-dealkylation sites (N-methyl/N-ethyl adjacent to an activating group) is 1. The molecule has 31 heavy (non-hydrogen) atoms. The number of rotatable bonds is 6. The lowest BCUT2D eigenvalue weighted by molar-refractivity contribution is 0.123. The number of morpholine rings is 1. The van der Waals surface area contributed by atoms with Crippen LogP contribution in [-0.2, 0) is 11.3 Å². The molecule has 1 saturated heterocycles. The number of pyridine rings is 1. The Labute approximate surface area is 185 Å². The molecule has 0 unspecified atom stereocenters. The number of nitrogens with one attached hydrogen (secondary N) is 1. The van der Waals surface area contributed by atoms with Crippen molar-refractivity contribution >= 4 is 28.5 Å². The van der Waals surface area contributed by atoms with Crippen molar-refractivity contribution in [1.82, 2.24) is 29.6 Å². The van der Waals surface area contributed by atoms with Crippen LogP contribution >= 0.6 is 11.6 Å². The molecule has 0 aliphatic carbocycles. The first-order valence-corrected chi connectivity index (χ1v) is 10.8. The number of nitrogens with zero attached hydrogens (tertiary/aromatic N) is 6. The van der Waals surface area contributed by atoms with Crippen LogP contribution in [0.4, 0.5) is 5.69 Å². The van der Waals surface area contributed by atoms with Crippen LogP contribution in [0.1, 0.15) is 0 Å². The lowest BCUT2D eigenvalue weighted by Gasteiger charge is -2.29. The monoisotopic (exact) mass is 437 g/mol. The normalized spacial score (nSPS) is 14.5. The summed E-state index contributed by atoms with van der Waals surface area (Å²) >= 11 is 6.16. The highest BCUT2D eigenvalue weighted by atomic mass is 35.5. The van der Waals surface area contributed by atoms with Gasteiger partial charge in [0.25, 0.3) is 0 Å². The Morgan fingerprint density at radius 3 is 2.84 bits per heavy atom. The topological polar surface area (TPSA) is 73.0 Å². The molecule has 0 saturated carbocycles. The number of anilines is 1. The van der Waals surface area contributed by atoms with Crippen molar-refractivity contribution in [2.75, 3.05) is 44.8 Å². The summed E-state index contributed by atoms with van der Waals surface area (Å²) in [5.41, 5.74) is 4.64. The fourth-order valence-electron chi connectivity index (χ4n) is 3.82. The predicted molar refractivity (Wildman–Crippen MR) is 122 cm³/mol. The van der Waals surface area contributed by atoms with Gasteiger partial charge in [-0.1, -0.05) is 23.7 Å². The molecule has 4 heterocycles. The molecule has 0 atom stereocenters. The Balaban J connectivity index is 1.59. The lowest BCUT2D eigenvalue weighted by Crippen LogP contribution is -2.36. The summed E-state index contributed by atoms with van der Waals surface area (Å²) in [4.78, 5) is 11.9. The van der Waals surface area contributed by atoms with Gasteiger partial charge in [0.2, 0.25) is 0 Å². The van der Waals surface area contributed by atoms with Crippen LogP contribution in [0.2, 0.25) is 5.02 Å². The summed E-state index contributed by atoms with van der Waals surface area (Å²) in [5.74, 6) is 0.758. The summed E-state index contributed by atoms with van der Waals surface area (Å²) in [7, 11) is 1.94. The highest BCUT2D eigenvalue weighted by Crippen LogP contribution is 2.29. The van der Waals surface area contributed by atoms with E-state index in [0.29, 0.717) is 18.2 Å². The van der Waals surface area contributed by atoms with Gasteiger partial charge in [0.1, 0.15) is 5.52 Å². The van der Waals surface area contributed by atoms with Crippen LogP contribution in [-0.4, -0.2) is 64.2 Å². The second kappa shape index (κ2) is 8.66. The van der Waals surface area contributed by atoms with E-state index in [9.17, 15) is 0 Å². The van der Waals surface area contributed by atoms with E-state index >= 15 is 0 Å². The predicted octanol–water partition coefficient (Wildman–Crippen LogP) is 2.99. The number of halogens is 1. The lowest BCUT2D eigenvalue weighted by atomic mass is 10.2. The quantitative estimate of drug-likeness (QED) is 0.500. The molecule has 5 rings (SSSR count). The third kappa shape index (κ3) is 4.01. The van der Waals surface area contributed by atoms with E-state index in [1.807, 2.05) is 54.6 Å². The molecule has 1 fully saturated rings. The van der Waals surface area contributed by atoms with Gasteiger partial charge >= 0.3 is 0 Å². The molecule has 4 aromatic rings. The average molecular weight is 438 g/mol. The molecule has 1 N–H and O–H groups in total. The number of hydrogen-bond acceptors (Lipinski definition) is 6.